The Morgan fingerprint density at radius 1 is 1.20 bits per heavy atom. The second kappa shape index (κ2) is 7.79. The number of carbonyl (C=O) groups is 1. The van der Waals surface area contributed by atoms with E-state index in [2.05, 4.69) is 27.4 Å². The Morgan fingerprint density at radius 2 is 1.96 bits per heavy atom. The molecule has 0 aliphatic carbocycles. The van der Waals surface area contributed by atoms with E-state index in [1.807, 2.05) is 0 Å². The van der Waals surface area contributed by atoms with Crippen LogP contribution in [-0.2, 0) is 6.42 Å². The van der Waals surface area contributed by atoms with E-state index in [0.717, 1.165) is 29.8 Å². The zero-order valence-corrected chi connectivity index (χ0v) is 15.5. The van der Waals surface area contributed by atoms with Crippen LogP contribution in [0.3, 0.4) is 0 Å². The molecule has 0 atom stereocenters. The van der Waals surface area contributed by atoms with E-state index < -0.39 is 0 Å². The van der Waals surface area contributed by atoms with E-state index in [0.29, 0.717) is 20.7 Å². The molecule has 1 amide bonds. The Labute approximate surface area is 153 Å². The average Bonchev–Trinajstić information content (AvgIpc) is 3.20. The van der Waals surface area contributed by atoms with Gasteiger partial charge in [-0.25, -0.2) is 9.37 Å². The summed E-state index contributed by atoms with van der Waals surface area (Å²) in [6, 6.07) is 6.07. The fraction of sp³-hybridized carbons (Fsp3) is 0.294. The summed E-state index contributed by atoms with van der Waals surface area (Å²) >= 11 is 2.67. The zero-order chi connectivity index (χ0) is 17.8. The number of aromatic nitrogens is 3. The summed E-state index contributed by atoms with van der Waals surface area (Å²) in [7, 11) is 0. The molecule has 0 radical (unpaired) electrons. The molecule has 130 valence electrons. The minimum absolute atomic E-state index is 0.249. The first-order chi connectivity index (χ1) is 12.1. The first-order valence-electron chi connectivity index (χ1n) is 7.94. The molecule has 0 saturated carbocycles. The van der Waals surface area contributed by atoms with Gasteiger partial charge in [-0.1, -0.05) is 24.7 Å². The summed E-state index contributed by atoms with van der Waals surface area (Å²) in [6.45, 7) is 3.90. The van der Waals surface area contributed by atoms with Crippen LogP contribution in [0.15, 0.2) is 24.3 Å². The maximum atomic E-state index is 13.0. The van der Waals surface area contributed by atoms with Gasteiger partial charge in [-0.05, 0) is 37.6 Å². The Hall–Kier alpha value is -2.19. The second-order valence-electron chi connectivity index (χ2n) is 5.50. The minimum atomic E-state index is -0.301. The molecule has 0 unspecified atom stereocenters. The third kappa shape index (κ3) is 4.26. The van der Waals surface area contributed by atoms with E-state index in [9.17, 15) is 9.18 Å². The zero-order valence-electron chi connectivity index (χ0n) is 13.9. The van der Waals surface area contributed by atoms with Crippen molar-refractivity contribution >= 4 is 33.7 Å². The SMILES string of the molecule is CCCCc1nnc(NC(=O)c2sc(-c3ccc(F)cc3)nc2C)s1. The van der Waals surface area contributed by atoms with Gasteiger partial charge in [0.25, 0.3) is 5.91 Å². The number of aryl methyl sites for hydroxylation is 2. The highest BCUT2D eigenvalue weighted by Crippen LogP contribution is 2.29. The standard InChI is InChI=1S/C17H17FN4OS2/c1-3-4-5-13-21-22-17(24-13)20-15(23)14-10(2)19-16(25-14)11-6-8-12(18)9-7-11/h6-9H,3-5H2,1-2H3,(H,20,22,23). The molecule has 0 aliphatic heterocycles. The Bertz CT molecular complexity index is 873. The first kappa shape index (κ1) is 17.6. The van der Waals surface area contributed by atoms with Gasteiger partial charge in [-0.2, -0.15) is 0 Å². The van der Waals surface area contributed by atoms with Gasteiger partial charge in [0.15, 0.2) is 0 Å². The highest BCUT2D eigenvalue weighted by Gasteiger charge is 2.18. The normalized spacial score (nSPS) is 10.8. The highest BCUT2D eigenvalue weighted by atomic mass is 32.1. The predicted molar refractivity (Wildman–Crippen MR) is 98.7 cm³/mol. The van der Waals surface area contributed by atoms with E-state index in [-0.39, 0.29) is 11.7 Å². The maximum Gasteiger partial charge on any atom is 0.269 e. The molecule has 8 heteroatoms. The molecule has 3 aromatic rings. The van der Waals surface area contributed by atoms with Gasteiger partial charge in [0.2, 0.25) is 5.13 Å². The fourth-order valence-corrected chi connectivity index (χ4v) is 3.95. The summed E-state index contributed by atoms with van der Waals surface area (Å²) in [5.41, 5.74) is 1.42. The molecule has 1 N–H and O–H groups in total. The molecule has 2 aromatic heterocycles. The third-order valence-corrected chi connectivity index (χ3v) is 5.63. The molecule has 25 heavy (non-hydrogen) atoms. The van der Waals surface area contributed by atoms with Gasteiger partial charge in [0.1, 0.15) is 20.7 Å². The molecule has 1 aromatic carbocycles. The number of hydrogen-bond acceptors (Lipinski definition) is 6. The van der Waals surface area contributed by atoms with Crippen LogP contribution < -0.4 is 5.32 Å². The predicted octanol–water partition coefficient (Wildman–Crippen LogP) is 4.70. The van der Waals surface area contributed by atoms with Crippen molar-refractivity contribution in [1.82, 2.24) is 15.2 Å². The Balaban J connectivity index is 1.74. The van der Waals surface area contributed by atoms with Crippen LogP contribution in [0.2, 0.25) is 0 Å². The fourth-order valence-electron chi connectivity index (χ4n) is 2.21. The van der Waals surface area contributed by atoms with E-state index >= 15 is 0 Å². The number of unbranched alkanes of at least 4 members (excludes halogenated alkanes) is 1. The first-order valence-corrected chi connectivity index (χ1v) is 9.57. The van der Waals surface area contributed by atoms with Gasteiger partial charge in [0, 0.05) is 12.0 Å². The highest BCUT2D eigenvalue weighted by molar-refractivity contribution is 7.17. The van der Waals surface area contributed by atoms with Crippen molar-refractivity contribution in [2.45, 2.75) is 33.1 Å². The van der Waals surface area contributed by atoms with Crippen molar-refractivity contribution in [3.8, 4) is 10.6 Å². The molecule has 0 saturated heterocycles. The summed E-state index contributed by atoms with van der Waals surface area (Å²) in [4.78, 5) is 17.4. The number of rotatable bonds is 6. The number of carbonyl (C=O) groups excluding carboxylic acids is 1. The molecule has 2 heterocycles. The molecule has 0 aliphatic rings. The van der Waals surface area contributed by atoms with Crippen LogP contribution in [-0.4, -0.2) is 21.1 Å². The van der Waals surface area contributed by atoms with Crippen LogP contribution in [0.25, 0.3) is 10.6 Å². The van der Waals surface area contributed by atoms with E-state index in [1.54, 1.807) is 19.1 Å². The lowest BCUT2D eigenvalue weighted by molar-refractivity contribution is 0.102. The number of nitrogens with one attached hydrogen (secondary N) is 1. The van der Waals surface area contributed by atoms with Crippen molar-refractivity contribution in [2.24, 2.45) is 0 Å². The summed E-state index contributed by atoms with van der Waals surface area (Å²) in [6.07, 6.45) is 3.02. The summed E-state index contributed by atoms with van der Waals surface area (Å²) < 4.78 is 13.0. The molecule has 0 fully saturated rings. The van der Waals surface area contributed by atoms with Crippen LogP contribution >= 0.6 is 22.7 Å². The Morgan fingerprint density at radius 3 is 2.68 bits per heavy atom. The molecule has 3 rings (SSSR count). The van der Waals surface area contributed by atoms with Crippen LogP contribution in [0, 0.1) is 12.7 Å². The molecule has 5 nitrogen and oxygen atoms in total. The monoisotopic (exact) mass is 376 g/mol. The van der Waals surface area contributed by atoms with Gasteiger partial charge in [-0.3, -0.25) is 10.1 Å². The summed E-state index contributed by atoms with van der Waals surface area (Å²) in [5, 5.41) is 13.0. The lowest BCUT2D eigenvalue weighted by atomic mass is 10.2. The number of nitrogens with zero attached hydrogens (tertiary/aromatic N) is 3. The molecule has 0 spiro atoms. The number of thiazole rings is 1. The van der Waals surface area contributed by atoms with E-state index in [1.165, 1.54) is 34.8 Å². The van der Waals surface area contributed by atoms with Gasteiger partial charge >= 0.3 is 0 Å². The molecule has 0 bridgehead atoms. The average molecular weight is 376 g/mol. The maximum absolute atomic E-state index is 13.0. The van der Waals surface area contributed by atoms with E-state index in [4.69, 9.17) is 0 Å². The quantitative estimate of drug-likeness (QED) is 0.677. The van der Waals surface area contributed by atoms with Crippen molar-refractivity contribution in [3.05, 3.63) is 45.7 Å². The topological polar surface area (TPSA) is 67.8 Å². The van der Waals surface area contributed by atoms with Crippen molar-refractivity contribution in [3.63, 3.8) is 0 Å². The number of anilines is 1. The lowest BCUT2D eigenvalue weighted by Crippen LogP contribution is -2.11. The molecular weight excluding hydrogens is 359 g/mol. The number of benzene rings is 1. The summed E-state index contributed by atoms with van der Waals surface area (Å²) in [5.74, 6) is -0.549. The third-order valence-electron chi connectivity index (χ3n) is 3.53. The lowest BCUT2D eigenvalue weighted by Gasteiger charge is -1.98. The van der Waals surface area contributed by atoms with Crippen LogP contribution in [0.1, 0.15) is 40.1 Å². The Kier molecular flexibility index (Phi) is 5.50. The van der Waals surface area contributed by atoms with Crippen molar-refractivity contribution in [2.75, 3.05) is 5.32 Å². The van der Waals surface area contributed by atoms with Gasteiger partial charge in [-0.15, -0.1) is 21.5 Å². The second-order valence-corrected chi connectivity index (χ2v) is 7.56. The van der Waals surface area contributed by atoms with Crippen LogP contribution in [0.5, 0.6) is 0 Å². The molecular formula is C17H17FN4OS2. The van der Waals surface area contributed by atoms with Crippen molar-refractivity contribution in [1.29, 1.82) is 0 Å². The van der Waals surface area contributed by atoms with Gasteiger partial charge < -0.3 is 0 Å². The minimum Gasteiger partial charge on any atom is -0.296 e. The largest absolute Gasteiger partial charge is 0.296 e. The smallest absolute Gasteiger partial charge is 0.269 e. The van der Waals surface area contributed by atoms with Crippen LogP contribution in [0.4, 0.5) is 9.52 Å². The number of hydrogen-bond donors (Lipinski definition) is 1. The number of halogens is 1. The van der Waals surface area contributed by atoms with Crippen molar-refractivity contribution < 1.29 is 9.18 Å². The van der Waals surface area contributed by atoms with Gasteiger partial charge in [0.05, 0.1) is 5.69 Å². The number of amides is 1.